The minimum Gasteiger partial charge on any atom is -0.263 e. The van der Waals surface area contributed by atoms with Crippen LogP contribution in [0, 0.1) is 13.8 Å². The average Bonchev–Trinajstić information content (AvgIpc) is 1.83. The molecule has 0 atom stereocenters. The van der Waals surface area contributed by atoms with Crippen LogP contribution in [0.25, 0.3) is 0 Å². The van der Waals surface area contributed by atoms with Crippen LogP contribution in [-0.2, 0) is 0 Å². The van der Waals surface area contributed by atoms with Crippen molar-refractivity contribution >= 4 is 15.9 Å². The molecular weight excluding hydrogens is 178 g/mol. The lowest BCUT2D eigenvalue weighted by molar-refractivity contribution is 1.23. The molecular formula is C7H7BrN. The molecule has 0 aliphatic heterocycles. The minimum atomic E-state index is 0.976. The largest absolute Gasteiger partial charge is 0.263 e. The molecule has 0 bridgehead atoms. The molecule has 0 aliphatic rings. The molecule has 0 saturated heterocycles. The predicted molar refractivity (Wildman–Crippen MR) is 41.1 cm³/mol. The Morgan fingerprint density at radius 1 is 1.56 bits per heavy atom. The quantitative estimate of drug-likeness (QED) is 0.604. The fraction of sp³-hybridized carbons (Fsp3) is 0.143. The number of rotatable bonds is 0. The summed E-state index contributed by atoms with van der Waals surface area (Å²) in [7, 11) is 0. The van der Waals surface area contributed by atoms with Gasteiger partial charge in [0.15, 0.2) is 0 Å². The average molecular weight is 185 g/mol. The third-order valence-corrected chi connectivity index (χ3v) is 2.06. The second-order valence-electron chi connectivity index (χ2n) is 1.91. The molecule has 0 unspecified atom stereocenters. The number of hydrogen-bond acceptors (Lipinski definition) is 1. The Balaban J connectivity index is 3.25. The molecule has 0 N–H and O–H groups in total. The van der Waals surface area contributed by atoms with E-state index in [1.54, 1.807) is 12.4 Å². The van der Waals surface area contributed by atoms with Gasteiger partial charge in [-0.3, -0.25) is 4.98 Å². The molecule has 0 aromatic carbocycles. The predicted octanol–water partition coefficient (Wildman–Crippen LogP) is 2.33. The first kappa shape index (κ1) is 6.75. The van der Waals surface area contributed by atoms with Crippen LogP contribution in [0.5, 0.6) is 0 Å². The van der Waals surface area contributed by atoms with Crippen LogP contribution >= 0.6 is 15.9 Å². The monoisotopic (exact) mass is 184 g/mol. The zero-order chi connectivity index (χ0) is 6.85. The normalized spacial score (nSPS) is 9.67. The van der Waals surface area contributed by atoms with E-state index in [4.69, 9.17) is 0 Å². The maximum absolute atomic E-state index is 3.94. The Hall–Kier alpha value is -0.370. The Bertz CT molecular complexity index is 200. The summed E-state index contributed by atoms with van der Waals surface area (Å²) in [5.74, 6) is 0. The molecule has 2 heteroatoms. The van der Waals surface area contributed by atoms with Crippen LogP contribution in [0.3, 0.4) is 0 Å². The molecule has 0 aliphatic carbocycles. The molecule has 0 spiro atoms. The summed E-state index contributed by atoms with van der Waals surface area (Å²) in [4.78, 5) is 3.94. The fourth-order valence-electron chi connectivity index (χ4n) is 0.540. The molecule has 1 heterocycles. The van der Waals surface area contributed by atoms with Crippen LogP contribution < -0.4 is 0 Å². The van der Waals surface area contributed by atoms with Crippen molar-refractivity contribution in [2.24, 2.45) is 0 Å². The number of nitrogens with zero attached hydrogens (tertiary/aromatic N) is 1. The molecule has 9 heavy (non-hydrogen) atoms. The van der Waals surface area contributed by atoms with Gasteiger partial charge in [0.2, 0.25) is 0 Å². The Labute approximate surface area is 63.2 Å². The van der Waals surface area contributed by atoms with Crippen molar-refractivity contribution in [1.29, 1.82) is 0 Å². The topological polar surface area (TPSA) is 12.9 Å². The molecule has 1 radical (unpaired) electrons. The molecule has 0 saturated carbocycles. The van der Waals surface area contributed by atoms with Gasteiger partial charge in [-0.2, -0.15) is 0 Å². The van der Waals surface area contributed by atoms with Crippen molar-refractivity contribution in [2.75, 3.05) is 0 Å². The van der Waals surface area contributed by atoms with Gasteiger partial charge in [-0.25, -0.2) is 0 Å². The summed E-state index contributed by atoms with van der Waals surface area (Å²) in [5.41, 5.74) is 2.13. The number of hydrogen-bond donors (Lipinski definition) is 0. The Morgan fingerprint density at radius 3 is 2.67 bits per heavy atom. The molecule has 0 amide bonds. The Kier molecular flexibility index (Phi) is 1.86. The number of pyridine rings is 1. The standard InChI is InChI=1S/C7H7BrN/c1-5-3-9-4-7(8)6(5)2/h3-4H,1H2,2H3. The molecule has 1 nitrogen and oxygen atoms in total. The van der Waals surface area contributed by atoms with Crippen LogP contribution in [0.2, 0.25) is 0 Å². The van der Waals surface area contributed by atoms with E-state index in [1.165, 1.54) is 0 Å². The van der Waals surface area contributed by atoms with Crippen molar-refractivity contribution in [3.63, 3.8) is 0 Å². The molecule has 47 valence electrons. The first-order chi connectivity index (χ1) is 4.22. The summed E-state index contributed by atoms with van der Waals surface area (Å²) in [5, 5.41) is 0. The number of aromatic nitrogens is 1. The molecule has 1 aromatic heterocycles. The van der Waals surface area contributed by atoms with E-state index in [2.05, 4.69) is 27.8 Å². The van der Waals surface area contributed by atoms with Gasteiger partial charge in [0.25, 0.3) is 0 Å². The second kappa shape index (κ2) is 2.48. The van der Waals surface area contributed by atoms with E-state index >= 15 is 0 Å². The van der Waals surface area contributed by atoms with E-state index < -0.39 is 0 Å². The van der Waals surface area contributed by atoms with Gasteiger partial charge in [0.1, 0.15) is 0 Å². The third kappa shape index (κ3) is 1.30. The maximum Gasteiger partial charge on any atom is 0.0413 e. The van der Waals surface area contributed by atoms with E-state index in [9.17, 15) is 0 Å². The smallest absolute Gasteiger partial charge is 0.0413 e. The second-order valence-corrected chi connectivity index (χ2v) is 2.76. The van der Waals surface area contributed by atoms with Crippen molar-refractivity contribution in [1.82, 2.24) is 4.98 Å². The van der Waals surface area contributed by atoms with Gasteiger partial charge in [0, 0.05) is 16.9 Å². The lowest BCUT2D eigenvalue weighted by Gasteiger charge is -1.98. The van der Waals surface area contributed by atoms with Crippen molar-refractivity contribution in [3.05, 3.63) is 34.9 Å². The van der Waals surface area contributed by atoms with Gasteiger partial charge < -0.3 is 0 Å². The number of halogens is 1. The van der Waals surface area contributed by atoms with Crippen molar-refractivity contribution < 1.29 is 0 Å². The zero-order valence-corrected chi connectivity index (χ0v) is 6.77. The van der Waals surface area contributed by atoms with Crippen LogP contribution in [-0.4, -0.2) is 4.98 Å². The summed E-state index contributed by atoms with van der Waals surface area (Å²) in [6.45, 7) is 5.80. The first-order valence-corrected chi connectivity index (χ1v) is 3.43. The highest BCUT2D eigenvalue weighted by molar-refractivity contribution is 9.10. The van der Waals surface area contributed by atoms with Gasteiger partial charge in [0.05, 0.1) is 0 Å². The van der Waals surface area contributed by atoms with Crippen LogP contribution in [0.1, 0.15) is 11.1 Å². The van der Waals surface area contributed by atoms with E-state index in [1.807, 2.05) is 6.92 Å². The van der Waals surface area contributed by atoms with E-state index in [0.717, 1.165) is 15.6 Å². The van der Waals surface area contributed by atoms with Crippen LogP contribution in [0.15, 0.2) is 16.9 Å². The summed E-state index contributed by atoms with van der Waals surface area (Å²) >= 11 is 3.34. The van der Waals surface area contributed by atoms with Gasteiger partial charge in [-0.05, 0) is 40.9 Å². The lowest BCUT2D eigenvalue weighted by Crippen LogP contribution is -1.82. The summed E-state index contributed by atoms with van der Waals surface area (Å²) in [6, 6.07) is 0. The molecule has 1 aromatic rings. The lowest BCUT2D eigenvalue weighted by atomic mass is 10.2. The zero-order valence-electron chi connectivity index (χ0n) is 5.19. The van der Waals surface area contributed by atoms with Crippen molar-refractivity contribution in [2.45, 2.75) is 6.92 Å². The maximum atomic E-state index is 3.94. The molecule has 1 rings (SSSR count). The molecule has 0 fully saturated rings. The highest BCUT2D eigenvalue weighted by Gasteiger charge is 1.94. The third-order valence-electron chi connectivity index (χ3n) is 1.26. The summed E-state index contributed by atoms with van der Waals surface area (Å²) in [6.07, 6.45) is 3.52. The SMILES string of the molecule is [CH2]c1cncc(Br)c1C. The minimum absolute atomic E-state index is 0.976. The summed E-state index contributed by atoms with van der Waals surface area (Å²) < 4.78 is 1.02. The van der Waals surface area contributed by atoms with Gasteiger partial charge in [-0.1, -0.05) is 0 Å². The van der Waals surface area contributed by atoms with E-state index in [0.29, 0.717) is 0 Å². The fourth-order valence-corrected chi connectivity index (χ4v) is 0.913. The first-order valence-electron chi connectivity index (χ1n) is 2.64. The van der Waals surface area contributed by atoms with E-state index in [-0.39, 0.29) is 0 Å². The highest BCUT2D eigenvalue weighted by atomic mass is 79.9. The van der Waals surface area contributed by atoms with Gasteiger partial charge in [-0.15, -0.1) is 0 Å². The van der Waals surface area contributed by atoms with Gasteiger partial charge >= 0.3 is 0 Å². The Morgan fingerprint density at radius 2 is 2.22 bits per heavy atom. The van der Waals surface area contributed by atoms with Crippen molar-refractivity contribution in [3.8, 4) is 0 Å². The highest BCUT2D eigenvalue weighted by Crippen LogP contribution is 2.16. The van der Waals surface area contributed by atoms with Crippen LogP contribution in [0.4, 0.5) is 0 Å².